The van der Waals surface area contributed by atoms with Gasteiger partial charge in [0.1, 0.15) is 23.9 Å². The van der Waals surface area contributed by atoms with Crippen molar-refractivity contribution in [2.24, 2.45) is 11.7 Å². The van der Waals surface area contributed by atoms with Crippen LogP contribution in [0.2, 0.25) is 0 Å². The first-order chi connectivity index (χ1) is 14.3. The van der Waals surface area contributed by atoms with Crippen LogP contribution in [0.3, 0.4) is 0 Å². The summed E-state index contributed by atoms with van der Waals surface area (Å²) in [7, 11) is 1.35. The number of nitrogens with zero attached hydrogens (tertiary/aromatic N) is 1. The lowest BCUT2D eigenvalue weighted by molar-refractivity contribution is -0.153. The van der Waals surface area contributed by atoms with Gasteiger partial charge in [-0.2, -0.15) is 0 Å². The van der Waals surface area contributed by atoms with E-state index in [1.54, 1.807) is 4.90 Å². The second-order valence-electron chi connectivity index (χ2n) is 8.19. The molecule has 3 rings (SSSR count). The monoisotopic (exact) mass is 410 g/mol. The van der Waals surface area contributed by atoms with E-state index < -0.39 is 17.6 Å². The average molecular weight is 411 g/mol. The van der Waals surface area contributed by atoms with Gasteiger partial charge < -0.3 is 20.1 Å². The Kier molecular flexibility index (Phi) is 6.77. The quantitative estimate of drug-likeness (QED) is 0.676. The van der Waals surface area contributed by atoms with Crippen LogP contribution in [0.4, 0.5) is 0 Å². The van der Waals surface area contributed by atoms with Crippen LogP contribution in [0.1, 0.15) is 37.8 Å². The zero-order valence-corrected chi connectivity index (χ0v) is 17.8. The number of hydrogen-bond acceptors (Lipinski definition) is 5. The molecule has 6 heteroatoms. The second kappa shape index (κ2) is 9.30. The smallest absolute Gasteiger partial charge is 0.328 e. The fourth-order valence-corrected chi connectivity index (χ4v) is 3.85. The number of carbonyl (C=O) groups is 2. The number of likely N-dealkylation sites (tertiary alicyclic amines) is 1. The van der Waals surface area contributed by atoms with E-state index in [4.69, 9.17) is 15.2 Å². The van der Waals surface area contributed by atoms with Crippen molar-refractivity contribution in [3.05, 3.63) is 65.7 Å². The molecule has 0 bridgehead atoms. The molecular formula is C24H30N2O4. The predicted octanol–water partition coefficient (Wildman–Crippen LogP) is 3.24. The summed E-state index contributed by atoms with van der Waals surface area (Å²) in [6, 6.07) is 16.6. The molecule has 0 spiro atoms. The zero-order chi connectivity index (χ0) is 21.7. The molecule has 0 saturated carbocycles. The van der Waals surface area contributed by atoms with Crippen molar-refractivity contribution in [1.29, 1.82) is 0 Å². The van der Waals surface area contributed by atoms with Crippen molar-refractivity contribution in [3.8, 4) is 5.75 Å². The van der Waals surface area contributed by atoms with E-state index >= 15 is 0 Å². The Bertz CT molecular complexity index is 867. The number of carbonyl (C=O) groups excluding carboxylic acids is 2. The van der Waals surface area contributed by atoms with Crippen molar-refractivity contribution >= 4 is 11.9 Å². The Hall–Kier alpha value is -2.86. The zero-order valence-electron chi connectivity index (χ0n) is 17.8. The Balaban J connectivity index is 1.72. The van der Waals surface area contributed by atoms with Crippen LogP contribution in [-0.2, 0) is 26.5 Å². The summed E-state index contributed by atoms with van der Waals surface area (Å²) in [5.74, 6) is 0.318. The van der Waals surface area contributed by atoms with Crippen LogP contribution in [0, 0.1) is 5.92 Å². The molecule has 1 saturated heterocycles. The molecule has 1 heterocycles. The first kappa shape index (κ1) is 21.8. The number of ether oxygens (including phenoxy) is 2. The van der Waals surface area contributed by atoms with Gasteiger partial charge in [0, 0.05) is 6.54 Å². The fraction of sp³-hybridized carbons (Fsp3) is 0.417. The van der Waals surface area contributed by atoms with Gasteiger partial charge in [-0.3, -0.25) is 4.79 Å². The summed E-state index contributed by atoms with van der Waals surface area (Å²) in [5.41, 5.74) is 7.20. The molecule has 2 atom stereocenters. The SMILES string of the molecule is COC(=O)C(CC(C)C)N1CCC(N)(c2ccc(OCc3ccccc3)cc2)C1=O. The number of hydrogen-bond donors (Lipinski definition) is 1. The minimum atomic E-state index is -1.15. The highest BCUT2D eigenvalue weighted by Gasteiger charge is 2.48. The molecule has 0 radical (unpaired) electrons. The molecule has 2 N–H and O–H groups in total. The molecule has 1 fully saturated rings. The van der Waals surface area contributed by atoms with Crippen LogP contribution in [0.25, 0.3) is 0 Å². The molecule has 0 aromatic heterocycles. The van der Waals surface area contributed by atoms with E-state index in [0.717, 1.165) is 11.1 Å². The summed E-state index contributed by atoms with van der Waals surface area (Å²) in [4.78, 5) is 27.1. The molecule has 1 aliphatic rings. The number of rotatable bonds is 8. The third-order valence-corrected chi connectivity index (χ3v) is 5.55. The van der Waals surface area contributed by atoms with Crippen LogP contribution in [-0.4, -0.2) is 36.5 Å². The first-order valence-corrected chi connectivity index (χ1v) is 10.3. The van der Waals surface area contributed by atoms with E-state index in [2.05, 4.69) is 0 Å². The Morgan fingerprint density at radius 1 is 1.13 bits per heavy atom. The van der Waals surface area contributed by atoms with E-state index in [-0.39, 0.29) is 11.8 Å². The number of amides is 1. The minimum absolute atomic E-state index is 0.239. The number of benzene rings is 2. The summed E-state index contributed by atoms with van der Waals surface area (Å²) in [6.45, 7) is 4.92. The number of methoxy groups -OCH3 is 1. The van der Waals surface area contributed by atoms with Crippen molar-refractivity contribution in [2.45, 2.75) is 44.9 Å². The Labute approximate surface area is 178 Å². The maximum atomic E-state index is 13.2. The van der Waals surface area contributed by atoms with E-state index in [1.807, 2.05) is 68.4 Å². The van der Waals surface area contributed by atoms with Crippen LogP contribution >= 0.6 is 0 Å². The lowest BCUT2D eigenvalue weighted by atomic mass is 9.89. The maximum Gasteiger partial charge on any atom is 0.328 e. The third kappa shape index (κ3) is 4.65. The lowest BCUT2D eigenvalue weighted by Gasteiger charge is -2.29. The molecule has 1 amide bonds. The molecule has 1 aliphatic heterocycles. The third-order valence-electron chi connectivity index (χ3n) is 5.55. The van der Waals surface area contributed by atoms with Crippen LogP contribution in [0.15, 0.2) is 54.6 Å². The highest BCUT2D eigenvalue weighted by atomic mass is 16.5. The molecule has 30 heavy (non-hydrogen) atoms. The molecule has 0 aliphatic carbocycles. The van der Waals surface area contributed by atoms with E-state index in [9.17, 15) is 9.59 Å². The normalized spacial score (nSPS) is 19.8. The summed E-state index contributed by atoms with van der Waals surface area (Å²) >= 11 is 0. The summed E-state index contributed by atoms with van der Waals surface area (Å²) in [5, 5.41) is 0. The molecule has 160 valence electrons. The molecular weight excluding hydrogens is 380 g/mol. The van der Waals surface area contributed by atoms with E-state index in [0.29, 0.717) is 31.7 Å². The Morgan fingerprint density at radius 3 is 2.40 bits per heavy atom. The predicted molar refractivity (Wildman–Crippen MR) is 115 cm³/mol. The summed E-state index contributed by atoms with van der Waals surface area (Å²) in [6.07, 6.45) is 0.988. The highest BCUT2D eigenvalue weighted by molar-refractivity contribution is 5.93. The van der Waals surface area contributed by atoms with Gasteiger partial charge in [0.15, 0.2) is 0 Å². The van der Waals surface area contributed by atoms with Gasteiger partial charge in [-0.05, 0) is 42.0 Å². The number of esters is 1. The van der Waals surface area contributed by atoms with Gasteiger partial charge in [-0.15, -0.1) is 0 Å². The average Bonchev–Trinajstić information content (AvgIpc) is 3.06. The highest BCUT2D eigenvalue weighted by Crippen LogP contribution is 2.34. The fourth-order valence-electron chi connectivity index (χ4n) is 3.85. The largest absolute Gasteiger partial charge is 0.489 e. The van der Waals surface area contributed by atoms with Gasteiger partial charge in [0.25, 0.3) is 0 Å². The molecule has 2 unspecified atom stereocenters. The van der Waals surface area contributed by atoms with Gasteiger partial charge in [-0.1, -0.05) is 56.3 Å². The standard InChI is InChI=1S/C24H30N2O4/c1-17(2)15-21(22(27)29-3)26-14-13-24(25,23(26)28)19-9-11-20(12-10-19)30-16-18-7-5-4-6-8-18/h4-12,17,21H,13-16,25H2,1-3H3. The second-order valence-corrected chi connectivity index (χ2v) is 8.19. The van der Waals surface area contributed by atoms with Gasteiger partial charge >= 0.3 is 5.97 Å². The van der Waals surface area contributed by atoms with Gasteiger partial charge in [0.05, 0.1) is 7.11 Å². The van der Waals surface area contributed by atoms with Crippen molar-refractivity contribution < 1.29 is 19.1 Å². The van der Waals surface area contributed by atoms with Gasteiger partial charge in [0.2, 0.25) is 5.91 Å². The van der Waals surface area contributed by atoms with E-state index in [1.165, 1.54) is 7.11 Å². The minimum Gasteiger partial charge on any atom is -0.489 e. The summed E-state index contributed by atoms with van der Waals surface area (Å²) < 4.78 is 10.8. The van der Waals surface area contributed by atoms with Crippen LogP contribution in [0.5, 0.6) is 5.75 Å². The topological polar surface area (TPSA) is 81.9 Å². The van der Waals surface area contributed by atoms with Crippen molar-refractivity contribution in [2.75, 3.05) is 13.7 Å². The molecule has 2 aromatic carbocycles. The first-order valence-electron chi connectivity index (χ1n) is 10.3. The number of nitrogens with two attached hydrogens (primary N) is 1. The molecule has 2 aromatic rings. The maximum absolute atomic E-state index is 13.2. The van der Waals surface area contributed by atoms with Crippen molar-refractivity contribution in [1.82, 2.24) is 4.90 Å². The molecule has 6 nitrogen and oxygen atoms in total. The Morgan fingerprint density at radius 2 is 1.80 bits per heavy atom. The van der Waals surface area contributed by atoms with Gasteiger partial charge in [-0.25, -0.2) is 4.79 Å². The van der Waals surface area contributed by atoms with Crippen LogP contribution < -0.4 is 10.5 Å². The van der Waals surface area contributed by atoms with Crippen molar-refractivity contribution in [3.63, 3.8) is 0 Å². The lowest BCUT2D eigenvalue weighted by Crippen LogP contribution is -2.50.